The molecule has 0 spiro atoms. The first-order valence-electron chi connectivity index (χ1n) is 5.54. The van der Waals surface area contributed by atoms with Crippen LogP contribution in [0.4, 0.5) is 11.4 Å². The fourth-order valence-electron chi connectivity index (χ4n) is 1.56. The molecule has 0 aliphatic rings. The van der Waals surface area contributed by atoms with Crippen LogP contribution in [0.5, 0.6) is 0 Å². The number of hydrogen-bond donors (Lipinski definition) is 2. The summed E-state index contributed by atoms with van der Waals surface area (Å²) >= 11 is 5.75. The second kappa shape index (κ2) is 5.18. The molecule has 0 aliphatic heterocycles. The van der Waals surface area contributed by atoms with E-state index in [-0.39, 0.29) is 26.9 Å². The second-order valence-corrected chi connectivity index (χ2v) is 6.25. The molecule has 0 saturated carbocycles. The van der Waals surface area contributed by atoms with E-state index in [1.165, 1.54) is 48.1 Å². The summed E-state index contributed by atoms with van der Waals surface area (Å²) < 4.78 is 28.0. The van der Waals surface area contributed by atoms with Gasteiger partial charge in [-0.25, -0.2) is 8.42 Å². The summed E-state index contributed by atoms with van der Waals surface area (Å²) in [5.74, 6) is 0. The third-order valence-corrected chi connectivity index (χ3v) is 4.34. The first-order valence-corrected chi connectivity index (χ1v) is 7.40. The number of halogens is 1. The maximum Gasteiger partial charge on any atom is 0.262 e. The van der Waals surface area contributed by atoms with Crippen molar-refractivity contribution in [3.05, 3.63) is 51.9 Å². The highest BCUT2D eigenvalue weighted by atomic mass is 35.5. The van der Waals surface area contributed by atoms with E-state index in [1.807, 2.05) is 0 Å². The SMILES string of the molecule is Cn1cc(NS(=O)(=O)c2ccc(Cl)c(N)c2)ccc1=O. The molecule has 1 aromatic carbocycles. The number of pyridine rings is 1. The van der Waals surface area contributed by atoms with Crippen molar-refractivity contribution >= 4 is 33.0 Å². The predicted molar refractivity (Wildman–Crippen MR) is 78.4 cm³/mol. The van der Waals surface area contributed by atoms with Crippen molar-refractivity contribution in [2.24, 2.45) is 7.05 Å². The lowest BCUT2D eigenvalue weighted by Crippen LogP contribution is -2.18. The van der Waals surface area contributed by atoms with E-state index in [2.05, 4.69) is 4.72 Å². The lowest BCUT2D eigenvalue weighted by atomic mass is 10.3. The minimum absolute atomic E-state index is 0.00625. The molecule has 0 unspecified atom stereocenters. The fraction of sp³-hybridized carbons (Fsp3) is 0.0833. The Bertz CT molecular complexity index is 815. The van der Waals surface area contributed by atoms with Crippen molar-refractivity contribution < 1.29 is 8.42 Å². The van der Waals surface area contributed by atoms with E-state index in [9.17, 15) is 13.2 Å². The lowest BCUT2D eigenvalue weighted by molar-refractivity contribution is 0.601. The Kier molecular flexibility index (Phi) is 3.74. The molecule has 2 aromatic rings. The van der Waals surface area contributed by atoms with Gasteiger partial charge in [-0.15, -0.1) is 0 Å². The van der Waals surface area contributed by atoms with Crippen LogP contribution in [-0.2, 0) is 17.1 Å². The Labute approximate surface area is 120 Å². The molecule has 0 saturated heterocycles. The number of hydrogen-bond acceptors (Lipinski definition) is 4. The molecular weight excluding hydrogens is 302 g/mol. The maximum atomic E-state index is 12.2. The normalized spacial score (nSPS) is 11.3. The van der Waals surface area contributed by atoms with Gasteiger partial charge in [0, 0.05) is 19.3 Å². The number of rotatable bonds is 3. The quantitative estimate of drug-likeness (QED) is 0.838. The van der Waals surface area contributed by atoms with Crippen LogP contribution in [0.3, 0.4) is 0 Å². The van der Waals surface area contributed by atoms with Gasteiger partial charge >= 0.3 is 0 Å². The zero-order valence-corrected chi connectivity index (χ0v) is 12.1. The van der Waals surface area contributed by atoms with E-state index in [1.54, 1.807) is 0 Å². The molecule has 3 N–H and O–H groups in total. The number of aryl methyl sites for hydroxylation is 1. The van der Waals surface area contributed by atoms with Crippen molar-refractivity contribution in [2.45, 2.75) is 4.90 Å². The fourth-order valence-corrected chi connectivity index (χ4v) is 2.75. The molecule has 1 aromatic heterocycles. The van der Waals surface area contributed by atoms with Crippen LogP contribution >= 0.6 is 11.6 Å². The van der Waals surface area contributed by atoms with Crippen LogP contribution in [0.15, 0.2) is 46.2 Å². The molecule has 0 atom stereocenters. The molecule has 0 bridgehead atoms. The van der Waals surface area contributed by atoms with Gasteiger partial charge in [0.05, 0.1) is 21.3 Å². The largest absolute Gasteiger partial charge is 0.397 e. The van der Waals surface area contributed by atoms with Crippen LogP contribution in [0.1, 0.15) is 0 Å². The zero-order valence-electron chi connectivity index (χ0n) is 10.5. The van der Waals surface area contributed by atoms with Crippen LogP contribution < -0.4 is 16.0 Å². The molecular formula is C12H12ClN3O3S. The van der Waals surface area contributed by atoms with Crippen LogP contribution in [0.2, 0.25) is 5.02 Å². The Morgan fingerprint density at radius 1 is 1.25 bits per heavy atom. The standard InChI is InChI=1S/C12H12ClN3O3S/c1-16-7-8(2-5-12(16)17)15-20(18,19)9-3-4-10(13)11(14)6-9/h2-7,15H,14H2,1H3. The van der Waals surface area contributed by atoms with Gasteiger partial charge < -0.3 is 10.3 Å². The molecule has 20 heavy (non-hydrogen) atoms. The highest BCUT2D eigenvalue weighted by Crippen LogP contribution is 2.23. The number of sulfonamides is 1. The Hall–Kier alpha value is -1.99. The van der Waals surface area contributed by atoms with E-state index in [0.717, 1.165) is 0 Å². The number of anilines is 2. The second-order valence-electron chi connectivity index (χ2n) is 4.16. The minimum atomic E-state index is -3.79. The van der Waals surface area contributed by atoms with Crippen molar-refractivity contribution in [1.82, 2.24) is 4.57 Å². The summed E-state index contributed by atoms with van der Waals surface area (Å²) in [5, 5.41) is 0.283. The number of nitrogen functional groups attached to an aromatic ring is 1. The van der Waals surface area contributed by atoms with Crippen molar-refractivity contribution in [1.29, 1.82) is 0 Å². The van der Waals surface area contributed by atoms with Gasteiger partial charge in [0.15, 0.2) is 0 Å². The topological polar surface area (TPSA) is 94.2 Å². The van der Waals surface area contributed by atoms with Crippen molar-refractivity contribution in [3.63, 3.8) is 0 Å². The van der Waals surface area contributed by atoms with E-state index in [4.69, 9.17) is 17.3 Å². The minimum Gasteiger partial charge on any atom is -0.397 e. The summed E-state index contributed by atoms with van der Waals surface area (Å²) in [7, 11) is -2.26. The lowest BCUT2D eigenvalue weighted by Gasteiger charge is -2.10. The molecule has 1 heterocycles. The molecule has 0 amide bonds. The highest BCUT2D eigenvalue weighted by molar-refractivity contribution is 7.92. The number of aromatic nitrogens is 1. The Balaban J connectivity index is 2.37. The number of nitrogens with one attached hydrogen (secondary N) is 1. The summed E-state index contributed by atoms with van der Waals surface area (Å²) in [5.41, 5.74) is 5.81. The molecule has 0 fully saturated rings. The van der Waals surface area contributed by atoms with E-state index in [0.29, 0.717) is 0 Å². The van der Waals surface area contributed by atoms with Crippen molar-refractivity contribution in [2.75, 3.05) is 10.5 Å². The number of nitrogens with two attached hydrogens (primary N) is 1. The van der Waals surface area contributed by atoms with Crippen LogP contribution in [0.25, 0.3) is 0 Å². The van der Waals surface area contributed by atoms with Gasteiger partial charge in [-0.1, -0.05) is 11.6 Å². The summed E-state index contributed by atoms with van der Waals surface area (Å²) in [4.78, 5) is 11.2. The molecule has 0 radical (unpaired) electrons. The first kappa shape index (κ1) is 14.4. The van der Waals surface area contributed by atoms with Crippen LogP contribution in [-0.4, -0.2) is 13.0 Å². The zero-order chi connectivity index (χ0) is 14.9. The Morgan fingerprint density at radius 3 is 2.55 bits per heavy atom. The summed E-state index contributed by atoms with van der Waals surface area (Å²) in [6.45, 7) is 0. The van der Waals surface area contributed by atoms with E-state index >= 15 is 0 Å². The number of benzene rings is 1. The summed E-state index contributed by atoms with van der Waals surface area (Å²) in [6, 6.07) is 6.69. The van der Waals surface area contributed by atoms with Gasteiger partial charge in [-0.3, -0.25) is 9.52 Å². The predicted octanol–water partition coefficient (Wildman–Crippen LogP) is 1.42. The van der Waals surface area contributed by atoms with E-state index < -0.39 is 10.0 Å². The van der Waals surface area contributed by atoms with Gasteiger partial charge in [-0.05, 0) is 24.3 Å². The smallest absolute Gasteiger partial charge is 0.262 e. The average molecular weight is 314 g/mol. The summed E-state index contributed by atoms with van der Waals surface area (Å²) in [6.07, 6.45) is 1.39. The van der Waals surface area contributed by atoms with Gasteiger partial charge in [0.1, 0.15) is 0 Å². The van der Waals surface area contributed by atoms with Gasteiger partial charge in [0.25, 0.3) is 10.0 Å². The van der Waals surface area contributed by atoms with Gasteiger partial charge in [0.2, 0.25) is 5.56 Å². The Morgan fingerprint density at radius 2 is 1.95 bits per heavy atom. The van der Waals surface area contributed by atoms with Gasteiger partial charge in [-0.2, -0.15) is 0 Å². The van der Waals surface area contributed by atoms with Crippen molar-refractivity contribution in [3.8, 4) is 0 Å². The maximum absolute atomic E-state index is 12.2. The molecule has 106 valence electrons. The molecule has 8 heteroatoms. The first-order chi connectivity index (χ1) is 9.29. The monoisotopic (exact) mass is 313 g/mol. The molecule has 2 rings (SSSR count). The average Bonchev–Trinajstić information content (AvgIpc) is 2.37. The molecule has 6 nitrogen and oxygen atoms in total. The third-order valence-electron chi connectivity index (χ3n) is 2.62. The molecule has 0 aliphatic carbocycles. The number of nitrogens with zero attached hydrogens (tertiary/aromatic N) is 1. The third kappa shape index (κ3) is 2.94. The van der Waals surface area contributed by atoms with Crippen LogP contribution in [0, 0.1) is 0 Å². The highest BCUT2D eigenvalue weighted by Gasteiger charge is 2.15.